The molecule has 2 nitrogen and oxygen atoms in total. The summed E-state index contributed by atoms with van der Waals surface area (Å²) in [4.78, 5) is 2.21. The minimum absolute atomic E-state index is 0.112. The first-order chi connectivity index (χ1) is 9.81. The third kappa shape index (κ3) is 6.04. The van der Waals surface area contributed by atoms with Crippen molar-refractivity contribution < 1.29 is 4.39 Å². The van der Waals surface area contributed by atoms with Crippen molar-refractivity contribution in [2.45, 2.75) is 54.1 Å². The summed E-state index contributed by atoms with van der Waals surface area (Å²) in [7, 11) is 0. The van der Waals surface area contributed by atoms with Crippen LogP contribution in [-0.2, 0) is 6.54 Å². The Morgan fingerprint density at radius 2 is 1.57 bits per heavy atom. The van der Waals surface area contributed by atoms with Crippen LogP contribution < -0.4 is 10.2 Å². The summed E-state index contributed by atoms with van der Waals surface area (Å²) in [6.45, 7) is 15.4. The zero-order valence-corrected chi connectivity index (χ0v) is 14.4. The van der Waals surface area contributed by atoms with Crippen molar-refractivity contribution in [3.8, 4) is 0 Å². The van der Waals surface area contributed by atoms with E-state index in [9.17, 15) is 4.39 Å². The van der Waals surface area contributed by atoms with Crippen LogP contribution in [0.2, 0.25) is 0 Å². The van der Waals surface area contributed by atoms with Gasteiger partial charge in [-0.2, -0.15) is 0 Å². The van der Waals surface area contributed by atoms with Gasteiger partial charge in [-0.3, -0.25) is 0 Å². The Balaban J connectivity index is 3.08. The van der Waals surface area contributed by atoms with E-state index in [4.69, 9.17) is 0 Å². The molecule has 0 aliphatic heterocycles. The topological polar surface area (TPSA) is 15.3 Å². The number of hydrogen-bond acceptors (Lipinski definition) is 2. The van der Waals surface area contributed by atoms with Crippen molar-refractivity contribution in [1.29, 1.82) is 0 Å². The maximum atomic E-state index is 14.5. The molecule has 1 aromatic carbocycles. The van der Waals surface area contributed by atoms with Crippen LogP contribution in [-0.4, -0.2) is 19.1 Å². The lowest BCUT2D eigenvalue weighted by Crippen LogP contribution is -2.33. The first-order valence-corrected chi connectivity index (χ1v) is 8.07. The molecule has 0 bridgehead atoms. The quantitative estimate of drug-likeness (QED) is 0.762. The smallest absolute Gasteiger partial charge is 0.146 e. The SMILES string of the molecule is CC(C)CN(CC(C)C)c1c(F)cccc1CNC(C)C. The Kier molecular flexibility index (Phi) is 7.16. The summed E-state index contributed by atoms with van der Waals surface area (Å²) in [5.74, 6) is 0.905. The molecule has 0 spiro atoms. The second-order valence-corrected chi connectivity index (χ2v) is 6.98. The van der Waals surface area contributed by atoms with E-state index < -0.39 is 0 Å². The first-order valence-electron chi connectivity index (χ1n) is 8.07. The van der Waals surface area contributed by atoms with Crippen LogP contribution >= 0.6 is 0 Å². The van der Waals surface area contributed by atoms with Gasteiger partial charge in [0, 0.05) is 25.7 Å². The molecule has 0 saturated heterocycles. The van der Waals surface area contributed by atoms with Gasteiger partial charge in [0.25, 0.3) is 0 Å². The third-order valence-corrected chi connectivity index (χ3v) is 3.26. The lowest BCUT2D eigenvalue weighted by Gasteiger charge is -2.31. The molecule has 1 aromatic rings. The van der Waals surface area contributed by atoms with Gasteiger partial charge in [-0.15, -0.1) is 0 Å². The molecule has 0 amide bonds. The standard InChI is InChI=1S/C18H31FN2/c1-13(2)11-21(12-14(3)4)18-16(10-20-15(5)6)8-7-9-17(18)19/h7-9,13-15,20H,10-12H2,1-6H3. The molecule has 3 heteroatoms. The summed E-state index contributed by atoms with van der Waals surface area (Å²) < 4.78 is 14.5. The average molecular weight is 294 g/mol. The maximum Gasteiger partial charge on any atom is 0.146 e. The van der Waals surface area contributed by atoms with Crippen LogP contribution in [0.3, 0.4) is 0 Å². The highest BCUT2D eigenvalue weighted by Crippen LogP contribution is 2.26. The minimum atomic E-state index is -0.112. The van der Waals surface area contributed by atoms with Crippen LogP contribution in [0.4, 0.5) is 10.1 Å². The molecule has 0 unspecified atom stereocenters. The Morgan fingerprint density at radius 3 is 2.05 bits per heavy atom. The number of nitrogens with one attached hydrogen (secondary N) is 1. The molecular formula is C18H31FN2. The van der Waals surface area contributed by atoms with Gasteiger partial charge in [-0.1, -0.05) is 53.7 Å². The molecule has 0 aliphatic rings. The Morgan fingerprint density at radius 1 is 1.00 bits per heavy atom. The zero-order valence-electron chi connectivity index (χ0n) is 14.4. The number of nitrogens with zero attached hydrogens (tertiary/aromatic N) is 1. The monoisotopic (exact) mass is 294 g/mol. The molecule has 0 radical (unpaired) electrons. The van der Waals surface area contributed by atoms with Gasteiger partial charge in [-0.25, -0.2) is 4.39 Å². The Bertz CT molecular complexity index is 417. The molecule has 0 aromatic heterocycles. The largest absolute Gasteiger partial charge is 0.368 e. The fourth-order valence-corrected chi connectivity index (χ4v) is 2.51. The van der Waals surface area contributed by atoms with Crippen LogP contribution in [0.1, 0.15) is 47.1 Å². The second-order valence-electron chi connectivity index (χ2n) is 6.98. The summed E-state index contributed by atoms with van der Waals surface area (Å²) in [5.41, 5.74) is 1.82. The summed E-state index contributed by atoms with van der Waals surface area (Å²) >= 11 is 0. The van der Waals surface area contributed by atoms with Crippen molar-refractivity contribution in [2.24, 2.45) is 11.8 Å². The van der Waals surface area contributed by atoms with Crippen LogP contribution in [0.25, 0.3) is 0 Å². The van der Waals surface area contributed by atoms with Crippen molar-refractivity contribution in [3.63, 3.8) is 0 Å². The lowest BCUT2D eigenvalue weighted by molar-refractivity contribution is 0.530. The number of para-hydroxylation sites is 1. The first kappa shape index (κ1) is 18.0. The van der Waals surface area contributed by atoms with E-state index in [2.05, 4.69) is 51.8 Å². The van der Waals surface area contributed by atoms with E-state index >= 15 is 0 Å². The van der Waals surface area contributed by atoms with Crippen molar-refractivity contribution in [2.75, 3.05) is 18.0 Å². The molecule has 0 aliphatic carbocycles. The third-order valence-electron chi connectivity index (χ3n) is 3.26. The van der Waals surface area contributed by atoms with Gasteiger partial charge in [0.1, 0.15) is 5.82 Å². The van der Waals surface area contributed by atoms with Gasteiger partial charge >= 0.3 is 0 Å². The Labute approximate surface area is 129 Å². The van der Waals surface area contributed by atoms with Crippen LogP contribution in [0, 0.1) is 17.7 Å². The number of anilines is 1. The van der Waals surface area contributed by atoms with E-state index in [0.717, 1.165) is 24.3 Å². The zero-order chi connectivity index (χ0) is 16.0. The number of halogens is 1. The molecular weight excluding hydrogens is 263 g/mol. The molecule has 0 saturated carbocycles. The highest BCUT2D eigenvalue weighted by atomic mass is 19.1. The predicted molar refractivity (Wildman–Crippen MR) is 90.3 cm³/mol. The normalized spacial score (nSPS) is 11.7. The van der Waals surface area contributed by atoms with Gasteiger partial charge < -0.3 is 10.2 Å². The predicted octanol–water partition coefficient (Wildman–Crippen LogP) is 4.44. The van der Waals surface area contributed by atoms with Gasteiger partial charge in [0.05, 0.1) is 5.69 Å². The van der Waals surface area contributed by atoms with E-state index in [0.29, 0.717) is 24.4 Å². The van der Waals surface area contributed by atoms with E-state index in [-0.39, 0.29) is 5.82 Å². The van der Waals surface area contributed by atoms with Gasteiger partial charge in [-0.05, 0) is 23.5 Å². The number of rotatable bonds is 8. The highest BCUT2D eigenvalue weighted by molar-refractivity contribution is 5.55. The van der Waals surface area contributed by atoms with E-state index in [1.54, 1.807) is 12.1 Å². The lowest BCUT2D eigenvalue weighted by atomic mass is 10.1. The maximum absolute atomic E-state index is 14.5. The fraction of sp³-hybridized carbons (Fsp3) is 0.667. The molecule has 120 valence electrons. The van der Waals surface area contributed by atoms with Crippen LogP contribution in [0.5, 0.6) is 0 Å². The molecule has 0 fully saturated rings. The van der Waals surface area contributed by atoms with Crippen molar-refractivity contribution in [1.82, 2.24) is 5.32 Å². The highest BCUT2D eigenvalue weighted by Gasteiger charge is 2.18. The summed E-state index contributed by atoms with van der Waals surface area (Å²) in [6.07, 6.45) is 0. The fourth-order valence-electron chi connectivity index (χ4n) is 2.51. The molecule has 1 N–H and O–H groups in total. The van der Waals surface area contributed by atoms with E-state index in [1.807, 2.05) is 6.07 Å². The molecule has 0 heterocycles. The molecule has 0 atom stereocenters. The van der Waals surface area contributed by atoms with Crippen molar-refractivity contribution in [3.05, 3.63) is 29.6 Å². The van der Waals surface area contributed by atoms with Gasteiger partial charge in [0.2, 0.25) is 0 Å². The molecule has 1 rings (SSSR count). The van der Waals surface area contributed by atoms with Crippen molar-refractivity contribution >= 4 is 5.69 Å². The second kappa shape index (κ2) is 8.38. The minimum Gasteiger partial charge on any atom is -0.368 e. The van der Waals surface area contributed by atoms with Crippen LogP contribution in [0.15, 0.2) is 18.2 Å². The molecule has 21 heavy (non-hydrogen) atoms. The van der Waals surface area contributed by atoms with Gasteiger partial charge in [0.15, 0.2) is 0 Å². The number of benzene rings is 1. The summed E-state index contributed by atoms with van der Waals surface area (Å²) in [5, 5.41) is 3.40. The van der Waals surface area contributed by atoms with E-state index in [1.165, 1.54) is 0 Å². The summed E-state index contributed by atoms with van der Waals surface area (Å²) in [6, 6.07) is 5.80. The number of hydrogen-bond donors (Lipinski definition) is 1. The average Bonchev–Trinajstić information content (AvgIpc) is 2.34. The Hall–Kier alpha value is -1.09.